The van der Waals surface area contributed by atoms with Gasteiger partial charge in [-0.05, 0) is 36.6 Å². The van der Waals surface area contributed by atoms with E-state index >= 15 is 0 Å². The molecule has 0 fully saturated rings. The van der Waals surface area contributed by atoms with Crippen molar-refractivity contribution in [2.24, 2.45) is 5.84 Å². The third kappa shape index (κ3) is 2.08. The maximum absolute atomic E-state index is 11.6. The summed E-state index contributed by atoms with van der Waals surface area (Å²) in [6.07, 6.45) is 3.48. The standard InChI is InChI=1S/C15H15N3O2/c1-10-2-3-13-11(8-10)4-6-18(13)9-14-12(5-7-20-14)15(19)17-16/h2-8H,9,16H2,1H3,(H,17,19). The first-order chi connectivity index (χ1) is 9.69. The van der Waals surface area contributed by atoms with Crippen LogP contribution in [0, 0.1) is 6.92 Å². The zero-order valence-electron chi connectivity index (χ0n) is 11.1. The zero-order chi connectivity index (χ0) is 14.1. The molecule has 3 rings (SSSR count). The fourth-order valence-corrected chi connectivity index (χ4v) is 2.36. The summed E-state index contributed by atoms with van der Waals surface area (Å²) in [5.74, 6) is 5.41. The van der Waals surface area contributed by atoms with Gasteiger partial charge in [0, 0.05) is 11.7 Å². The number of furan rings is 1. The quantitative estimate of drug-likeness (QED) is 0.435. The molecule has 3 N–H and O–H groups in total. The monoisotopic (exact) mass is 269 g/mol. The number of hydrogen-bond acceptors (Lipinski definition) is 3. The molecule has 0 aliphatic carbocycles. The summed E-state index contributed by atoms with van der Waals surface area (Å²) in [5.41, 5.74) is 4.91. The van der Waals surface area contributed by atoms with Gasteiger partial charge in [0.1, 0.15) is 5.76 Å². The van der Waals surface area contributed by atoms with Gasteiger partial charge in [0.25, 0.3) is 5.91 Å². The molecule has 0 aliphatic rings. The van der Waals surface area contributed by atoms with E-state index in [4.69, 9.17) is 10.3 Å². The Labute approximate surface area is 115 Å². The number of nitrogens with two attached hydrogens (primary N) is 1. The minimum absolute atomic E-state index is 0.346. The number of fused-ring (bicyclic) bond motifs is 1. The third-order valence-corrected chi connectivity index (χ3v) is 3.36. The topological polar surface area (TPSA) is 73.2 Å². The summed E-state index contributed by atoms with van der Waals surface area (Å²) in [7, 11) is 0. The smallest absolute Gasteiger partial charge is 0.268 e. The number of hydrazine groups is 1. The first kappa shape index (κ1) is 12.5. The summed E-state index contributed by atoms with van der Waals surface area (Å²) in [6.45, 7) is 2.55. The van der Waals surface area contributed by atoms with Gasteiger partial charge in [0.15, 0.2) is 0 Å². The Bertz CT molecular complexity index is 770. The lowest BCUT2D eigenvalue weighted by molar-refractivity contribution is 0.0951. The number of rotatable bonds is 3. The van der Waals surface area contributed by atoms with Gasteiger partial charge >= 0.3 is 0 Å². The highest BCUT2D eigenvalue weighted by Gasteiger charge is 2.14. The van der Waals surface area contributed by atoms with Crippen molar-refractivity contribution < 1.29 is 9.21 Å². The van der Waals surface area contributed by atoms with Crippen LogP contribution in [0.25, 0.3) is 10.9 Å². The highest BCUT2D eigenvalue weighted by Crippen LogP contribution is 2.20. The fourth-order valence-electron chi connectivity index (χ4n) is 2.36. The van der Waals surface area contributed by atoms with Crippen LogP contribution in [0.15, 0.2) is 47.2 Å². The molecule has 102 valence electrons. The molecule has 0 saturated heterocycles. The lowest BCUT2D eigenvalue weighted by Crippen LogP contribution is -2.30. The molecule has 0 unspecified atom stereocenters. The molecule has 0 saturated carbocycles. The van der Waals surface area contributed by atoms with Crippen molar-refractivity contribution in [1.82, 2.24) is 9.99 Å². The van der Waals surface area contributed by atoms with Crippen LogP contribution < -0.4 is 11.3 Å². The van der Waals surface area contributed by atoms with Crippen LogP contribution in [0.2, 0.25) is 0 Å². The molecule has 0 aliphatic heterocycles. The number of benzene rings is 1. The number of carbonyl (C=O) groups is 1. The second kappa shape index (κ2) is 4.86. The van der Waals surface area contributed by atoms with E-state index in [0.717, 1.165) is 5.52 Å². The van der Waals surface area contributed by atoms with Gasteiger partial charge in [-0.15, -0.1) is 0 Å². The van der Waals surface area contributed by atoms with Crippen molar-refractivity contribution in [1.29, 1.82) is 0 Å². The number of aromatic nitrogens is 1. The van der Waals surface area contributed by atoms with Gasteiger partial charge in [0.2, 0.25) is 0 Å². The predicted octanol–water partition coefficient (Wildman–Crippen LogP) is 2.19. The largest absolute Gasteiger partial charge is 0.467 e. The van der Waals surface area contributed by atoms with Crippen molar-refractivity contribution in [3.63, 3.8) is 0 Å². The molecule has 0 bridgehead atoms. The van der Waals surface area contributed by atoms with E-state index in [0.29, 0.717) is 17.9 Å². The lowest BCUT2D eigenvalue weighted by atomic mass is 10.2. The molecule has 0 spiro atoms. The van der Waals surface area contributed by atoms with Crippen LogP contribution in [-0.4, -0.2) is 10.5 Å². The van der Waals surface area contributed by atoms with Crippen molar-refractivity contribution >= 4 is 16.8 Å². The first-order valence-electron chi connectivity index (χ1n) is 6.32. The first-order valence-corrected chi connectivity index (χ1v) is 6.32. The van der Waals surface area contributed by atoms with Crippen LogP contribution in [0.4, 0.5) is 0 Å². The van der Waals surface area contributed by atoms with E-state index in [1.165, 1.54) is 17.2 Å². The van der Waals surface area contributed by atoms with E-state index in [1.807, 2.05) is 16.8 Å². The van der Waals surface area contributed by atoms with Gasteiger partial charge < -0.3 is 8.98 Å². The summed E-state index contributed by atoms with van der Waals surface area (Å²) < 4.78 is 7.44. The van der Waals surface area contributed by atoms with E-state index in [1.54, 1.807) is 6.07 Å². The summed E-state index contributed by atoms with van der Waals surface area (Å²) >= 11 is 0. The number of amides is 1. The molecular formula is C15H15N3O2. The number of hydrogen-bond donors (Lipinski definition) is 2. The van der Waals surface area contributed by atoms with E-state index < -0.39 is 0 Å². The third-order valence-electron chi connectivity index (χ3n) is 3.36. The van der Waals surface area contributed by atoms with Gasteiger partial charge in [0.05, 0.1) is 18.4 Å². The van der Waals surface area contributed by atoms with Crippen LogP contribution in [-0.2, 0) is 6.54 Å². The van der Waals surface area contributed by atoms with E-state index in [-0.39, 0.29) is 5.91 Å². The molecular weight excluding hydrogens is 254 g/mol. The molecule has 20 heavy (non-hydrogen) atoms. The molecule has 0 atom stereocenters. The Morgan fingerprint density at radius 1 is 1.35 bits per heavy atom. The Balaban J connectivity index is 1.98. The second-order valence-electron chi connectivity index (χ2n) is 4.74. The lowest BCUT2D eigenvalue weighted by Gasteiger charge is -2.05. The normalized spacial score (nSPS) is 10.9. The second-order valence-corrected chi connectivity index (χ2v) is 4.74. The Morgan fingerprint density at radius 2 is 2.20 bits per heavy atom. The number of carbonyl (C=O) groups excluding carboxylic acids is 1. The van der Waals surface area contributed by atoms with Gasteiger partial charge in [-0.3, -0.25) is 10.2 Å². The van der Waals surface area contributed by atoms with Crippen molar-refractivity contribution in [3.8, 4) is 0 Å². The molecule has 3 aromatic rings. The molecule has 0 radical (unpaired) electrons. The molecule has 1 aromatic carbocycles. The van der Waals surface area contributed by atoms with Crippen molar-refractivity contribution in [3.05, 3.63) is 59.7 Å². The minimum Gasteiger partial charge on any atom is -0.467 e. The van der Waals surface area contributed by atoms with Gasteiger partial charge in [-0.2, -0.15) is 0 Å². The summed E-state index contributed by atoms with van der Waals surface area (Å²) in [4.78, 5) is 11.6. The van der Waals surface area contributed by atoms with Crippen molar-refractivity contribution in [2.45, 2.75) is 13.5 Å². The molecule has 2 heterocycles. The van der Waals surface area contributed by atoms with Crippen molar-refractivity contribution in [2.75, 3.05) is 0 Å². The summed E-state index contributed by atoms with van der Waals surface area (Å²) in [5, 5.41) is 1.17. The maximum Gasteiger partial charge on any atom is 0.268 e. The Hall–Kier alpha value is -2.53. The average Bonchev–Trinajstić information content (AvgIpc) is 3.05. The van der Waals surface area contributed by atoms with Gasteiger partial charge in [-0.25, -0.2) is 5.84 Å². The number of aryl methyl sites for hydroxylation is 1. The molecule has 2 aromatic heterocycles. The number of nitrogen functional groups attached to an aromatic ring is 1. The highest BCUT2D eigenvalue weighted by atomic mass is 16.3. The number of nitrogens with one attached hydrogen (secondary N) is 1. The SMILES string of the molecule is Cc1ccc2c(ccn2Cc2occc2C(=O)NN)c1. The zero-order valence-corrected chi connectivity index (χ0v) is 11.1. The molecule has 5 nitrogen and oxygen atoms in total. The van der Waals surface area contributed by atoms with Crippen LogP contribution in [0.5, 0.6) is 0 Å². The number of nitrogens with zero attached hydrogens (tertiary/aromatic N) is 1. The van der Waals surface area contributed by atoms with Crippen LogP contribution in [0.3, 0.4) is 0 Å². The minimum atomic E-state index is -0.346. The Morgan fingerprint density at radius 3 is 3.00 bits per heavy atom. The van der Waals surface area contributed by atoms with E-state index in [2.05, 4.69) is 30.5 Å². The average molecular weight is 269 g/mol. The molecule has 1 amide bonds. The van der Waals surface area contributed by atoms with Crippen LogP contribution >= 0.6 is 0 Å². The van der Waals surface area contributed by atoms with Crippen LogP contribution in [0.1, 0.15) is 21.7 Å². The summed E-state index contributed by atoms with van der Waals surface area (Å²) in [6, 6.07) is 9.92. The van der Waals surface area contributed by atoms with Gasteiger partial charge in [-0.1, -0.05) is 11.6 Å². The fraction of sp³-hybridized carbons (Fsp3) is 0.133. The Kier molecular flexibility index (Phi) is 3.04. The predicted molar refractivity (Wildman–Crippen MR) is 76.1 cm³/mol. The highest BCUT2D eigenvalue weighted by molar-refractivity contribution is 5.94. The molecule has 5 heteroatoms. The van der Waals surface area contributed by atoms with E-state index in [9.17, 15) is 4.79 Å². The maximum atomic E-state index is 11.6.